The molecule has 0 unspecified atom stereocenters. The van der Waals surface area contributed by atoms with Crippen LogP contribution in [-0.4, -0.2) is 17.0 Å². The first-order chi connectivity index (χ1) is 9.26. The monoisotopic (exact) mass is 257 g/mol. The number of hydrogen-bond acceptors (Lipinski definition) is 5. The Hall–Kier alpha value is -2.14. The minimum atomic E-state index is 0.687. The number of hydrazine groups is 1. The highest BCUT2D eigenvalue weighted by Crippen LogP contribution is 2.23. The molecule has 0 saturated heterocycles. The van der Waals surface area contributed by atoms with Crippen molar-refractivity contribution in [2.45, 2.75) is 19.9 Å². The molecule has 0 saturated carbocycles. The zero-order valence-corrected chi connectivity index (χ0v) is 11.3. The van der Waals surface area contributed by atoms with Crippen LogP contribution in [0.25, 0.3) is 0 Å². The maximum atomic E-state index is 5.49. The van der Waals surface area contributed by atoms with Gasteiger partial charge >= 0.3 is 0 Å². The van der Waals surface area contributed by atoms with Gasteiger partial charge in [0.1, 0.15) is 18.0 Å². The van der Waals surface area contributed by atoms with Crippen LogP contribution in [-0.2, 0) is 13.0 Å². The highest BCUT2D eigenvalue weighted by molar-refractivity contribution is 5.58. The molecule has 19 heavy (non-hydrogen) atoms. The molecule has 5 nitrogen and oxygen atoms in total. The molecule has 0 spiro atoms. The normalized spacial score (nSPS) is 10.3. The summed E-state index contributed by atoms with van der Waals surface area (Å²) in [6.45, 7) is 2.87. The lowest BCUT2D eigenvalue weighted by atomic mass is 10.2. The van der Waals surface area contributed by atoms with E-state index in [1.807, 2.05) is 25.2 Å². The van der Waals surface area contributed by atoms with E-state index in [0.717, 1.165) is 24.3 Å². The van der Waals surface area contributed by atoms with E-state index < -0.39 is 0 Å². The van der Waals surface area contributed by atoms with Crippen LogP contribution in [0.2, 0.25) is 0 Å². The molecule has 2 rings (SSSR count). The smallest absolute Gasteiger partial charge is 0.148 e. The quantitative estimate of drug-likeness (QED) is 0.633. The lowest BCUT2D eigenvalue weighted by molar-refractivity contribution is 0.870. The van der Waals surface area contributed by atoms with E-state index in [0.29, 0.717) is 5.82 Å². The second-order valence-corrected chi connectivity index (χ2v) is 4.36. The summed E-state index contributed by atoms with van der Waals surface area (Å²) in [6.07, 6.45) is 2.36. The van der Waals surface area contributed by atoms with Crippen molar-refractivity contribution in [2.75, 3.05) is 17.4 Å². The Bertz CT molecular complexity index is 527. The molecular formula is C14H19N5. The summed E-state index contributed by atoms with van der Waals surface area (Å²) in [5.74, 6) is 7.09. The Morgan fingerprint density at radius 3 is 2.58 bits per heavy atom. The van der Waals surface area contributed by atoms with Crippen LogP contribution < -0.4 is 16.2 Å². The first-order valence-electron chi connectivity index (χ1n) is 6.31. The molecule has 5 heteroatoms. The summed E-state index contributed by atoms with van der Waals surface area (Å²) >= 11 is 0. The van der Waals surface area contributed by atoms with Crippen LogP contribution in [0.3, 0.4) is 0 Å². The zero-order chi connectivity index (χ0) is 13.7. The van der Waals surface area contributed by atoms with Gasteiger partial charge in [0.25, 0.3) is 0 Å². The van der Waals surface area contributed by atoms with Gasteiger partial charge in [0, 0.05) is 19.2 Å². The highest BCUT2D eigenvalue weighted by atomic mass is 15.3. The number of rotatable bonds is 5. The Morgan fingerprint density at radius 2 is 1.95 bits per heavy atom. The molecule has 0 aliphatic heterocycles. The van der Waals surface area contributed by atoms with Gasteiger partial charge in [-0.15, -0.1) is 0 Å². The van der Waals surface area contributed by atoms with Crippen molar-refractivity contribution in [3.05, 3.63) is 47.8 Å². The van der Waals surface area contributed by atoms with Crippen molar-refractivity contribution in [3.8, 4) is 0 Å². The Morgan fingerprint density at radius 1 is 1.21 bits per heavy atom. The minimum absolute atomic E-state index is 0.687. The van der Waals surface area contributed by atoms with Gasteiger partial charge < -0.3 is 10.3 Å². The summed E-state index contributed by atoms with van der Waals surface area (Å²) < 4.78 is 0. The second kappa shape index (κ2) is 6.15. The highest BCUT2D eigenvalue weighted by Gasteiger charge is 2.12. The van der Waals surface area contributed by atoms with Gasteiger partial charge in [-0.2, -0.15) is 0 Å². The maximum Gasteiger partial charge on any atom is 0.148 e. The molecule has 0 radical (unpaired) electrons. The van der Waals surface area contributed by atoms with E-state index in [1.165, 1.54) is 11.9 Å². The molecule has 0 aliphatic rings. The fourth-order valence-corrected chi connectivity index (χ4v) is 2.11. The molecule has 2 aromatic rings. The fourth-order valence-electron chi connectivity index (χ4n) is 2.11. The number of nitrogens with one attached hydrogen (secondary N) is 1. The zero-order valence-electron chi connectivity index (χ0n) is 11.3. The van der Waals surface area contributed by atoms with Gasteiger partial charge in [0.15, 0.2) is 0 Å². The van der Waals surface area contributed by atoms with Crippen LogP contribution in [0.1, 0.15) is 18.1 Å². The number of hydrogen-bond donors (Lipinski definition) is 2. The number of nitrogen functional groups attached to an aromatic ring is 1. The van der Waals surface area contributed by atoms with E-state index in [4.69, 9.17) is 5.84 Å². The second-order valence-electron chi connectivity index (χ2n) is 4.36. The van der Waals surface area contributed by atoms with E-state index in [1.54, 1.807) is 0 Å². The van der Waals surface area contributed by atoms with Gasteiger partial charge in [-0.05, 0) is 12.0 Å². The molecule has 3 N–H and O–H groups in total. The third-order valence-corrected chi connectivity index (χ3v) is 3.04. The number of benzene rings is 1. The number of nitrogens with zero attached hydrogens (tertiary/aromatic N) is 3. The number of aromatic nitrogens is 2. The van der Waals surface area contributed by atoms with Crippen LogP contribution in [0.5, 0.6) is 0 Å². The number of anilines is 2. The average Bonchev–Trinajstić information content (AvgIpc) is 2.47. The van der Waals surface area contributed by atoms with E-state index in [2.05, 4.69) is 39.4 Å². The van der Waals surface area contributed by atoms with Crippen LogP contribution in [0.15, 0.2) is 36.7 Å². The fraction of sp³-hybridized carbons (Fsp3) is 0.286. The molecule has 1 heterocycles. The van der Waals surface area contributed by atoms with Crippen molar-refractivity contribution < 1.29 is 0 Å². The number of nitrogens with two attached hydrogens (primary N) is 1. The van der Waals surface area contributed by atoms with Crippen molar-refractivity contribution in [3.63, 3.8) is 0 Å². The van der Waals surface area contributed by atoms with Crippen molar-refractivity contribution in [2.24, 2.45) is 5.84 Å². The molecule has 0 bridgehead atoms. The largest absolute Gasteiger partial charge is 0.355 e. The van der Waals surface area contributed by atoms with Crippen molar-refractivity contribution in [1.82, 2.24) is 9.97 Å². The summed E-state index contributed by atoms with van der Waals surface area (Å²) in [5, 5.41) is 0. The third-order valence-electron chi connectivity index (χ3n) is 3.04. The molecule has 1 aromatic heterocycles. The van der Waals surface area contributed by atoms with Gasteiger partial charge in [-0.1, -0.05) is 37.3 Å². The lowest BCUT2D eigenvalue weighted by Crippen LogP contribution is -2.21. The van der Waals surface area contributed by atoms with Crippen LogP contribution in [0.4, 0.5) is 11.6 Å². The van der Waals surface area contributed by atoms with Gasteiger partial charge in [-0.25, -0.2) is 15.8 Å². The Balaban J connectivity index is 2.26. The average molecular weight is 257 g/mol. The molecule has 0 atom stereocenters. The van der Waals surface area contributed by atoms with E-state index in [-0.39, 0.29) is 0 Å². The van der Waals surface area contributed by atoms with Gasteiger partial charge in [0.05, 0.1) is 0 Å². The minimum Gasteiger partial charge on any atom is -0.355 e. The van der Waals surface area contributed by atoms with E-state index >= 15 is 0 Å². The summed E-state index contributed by atoms with van der Waals surface area (Å²) in [6, 6.07) is 10.3. The van der Waals surface area contributed by atoms with Gasteiger partial charge in [-0.3, -0.25) is 0 Å². The Kier molecular flexibility index (Phi) is 4.30. The summed E-state index contributed by atoms with van der Waals surface area (Å²) in [7, 11) is 2.02. The molecule has 0 fully saturated rings. The topological polar surface area (TPSA) is 67.1 Å². The van der Waals surface area contributed by atoms with E-state index in [9.17, 15) is 0 Å². The van der Waals surface area contributed by atoms with Crippen LogP contribution in [0, 0.1) is 0 Å². The summed E-state index contributed by atoms with van der Waals surface area (Å²) in [5.41, 5.74) is 4.90. The predicted octanol–water partition coefficient (Wildman–Crippen LogP) is 1.96. The molecule has 0 amide bonds. The lowest BCUT2D eigenvalue weighted by Gasteiger charge is -2.22. The van der Waals surface area contributed by atoms with Crippen molar-refractivity contribution in [1.29, 1.82) is 0 Å². The molecule has 0 aliphatic carbocycles. The Labute approximate surface area is 113 Å². The predicted molar refractivity (Wildman–Crippen MR) is 77.8 cm³/mol. The third kappa shape index (κ3) is 3.00. The standard InChI is InChI=1S/C14H19N5/c1-3-12-13(18-15)16-10-17-14(12)19(2)9-11-7-5-4-6-8-11/h4-8,10H,3,9,15H2,1-2H3,(H,16,17,18). The summed E-state index contributed by atoms with van der Waals surface area (Å²) in [4.78, 5) is 10.6. The SMILES string of the molecule is CCc1c(NN)ncnc1N(C)Cc1ccccc1. The first-order valence-corrected chi connectivity index (χ1v) is 6.31. The molecular weight excluding hydrogens is 238 g/mol. The van der Waals surface area contributed by atoms with Gasteiger partial charge in [0.2, 0.25) is 0 Å². The van der Waals surface area contributed by atoms with Crippen molar-refractivity contribution >= 4 is 11.6 Å². The maximum absolute atomic E-state index is 5.49. The first kappa shape index (κ1) is 13.3. The molecule has 1 aromatic carbocycles. The molecule has 100 valence electrons. The van der Waals surface area contributed by atoms with Crippen LogP contribution >= 0.6 is 0 Å².